The fourth-order valence-corrected chi connectivity index (χ4v) is 5.47. The SMILES string of the molecule is CNC(CCc1ccsc1)c1cc(Br)sc1Br. The number of aryl methyl sites for hydroxylation is 1. The molecule has 0 fully saturated rings. The molecule has 2 aromatic heterocycles. The zero-order chi connectivity index (χ0) is 12.3. The molecule has 5 heteroatoms. The zero-order valence-corrected chi connectivity index (χ0v) is 14.2. The minimum absolute atomic E-state index is 0.409. The quantitative estimate of drug-likeness (QED) is 0.732. The van der Waals surface area contributed by atoms with Crippen molar-refractivity contribution < 1.29 is 0 Å². The van der Waals surface area contributed by atoms with Gasteiger partial charge in [-0.1, -0.05) is 0 Å². The summed E-state index contributed by atoms with van der Waals surface area (Å²) in [5.41, 5.74) is 2.78. The topological polar surface area (TPSA) is 12.0 Å². The van der Waals surface area contributed by atoms with Crippen LogP contribution < -0.4 is 5.32 Å². The van der Waals surface area contributed by atoms with Gasteiger partial charge in [-0.3, -0.25) is 0 Å². The Morgan fingerprint density at radius 3 is 2.76 bits per heavy atom. The van der Waals surface area contributed by atoms with Crippen molar-refractivity contribution in [3.63, 3.8) is 0 Å². The lowest BCUT2D eigenvalue weighted by Crippen LogP contribution is -2.16. The maximum Gasteiger partial charge on any atom is 0.0758 e. The highest BCUT2D eigenvalue weighted by Crippen LogP contribution is 2.36. The summed E-state index contributed by atoms with van der Waals surface area (Å²) in [6, 6.07) is 4.81. The summed E-state index contributed by atoms with van der Waals surface area (Å²) in [5, 5.41) is 7.76. The van der Waals surface area contributed by atoms with Crippen LogP contribution in [0.5, 0.6) is 0 Å². The van der Waals surface area contributed by atoms with Gasteiger partial charge in [-0.25, -0.2) is 0 Å². The van der Waals surface area contributed by atoms with Gasteiger partial charge in [0.1, 0.15) is 0 Å². The molecule has 1 N–H and O–H groups in total. The van der Waals surface area contributed by atoms with Crippen molar-refractivity contribution in [2.45, 2.75) is 18.9 Å². The summed E-state index contributed by atoms with van der Waals surface area (Å²) in [4.78, 5) is 0. The van der Waals surface area contributed by atoms with Crippen LogP contribution in [0.3, 0.4) is 0 Å². The van der Waals surface area contributed by atoms with E-state index in [4.69, 9.17) is 0 Å². The normalized spacial score (nSPS) is 12.9. The van der Waals surface area contributed by atoms with E-state index in [-0.39, 0.29) is 0 Å². The molecular formula is C12H13Br2NS2. The van der Waals surface area contributed by atoms with E-state index < -0.39 is 0 Å². The monoisotopic (exact) mass is 393 g/mol. The van der Waals surface area contributed by atoms with Crippen LogP contribution in [-0.4, -0.2) is 7.05 Å². The van der Waals surface area contributed by atoms with Crippen molar-refractivity contribution in [2.24, 2.45) is 0 Å². The molecule has 0 spiro atoms. The molecule has 92 valence electrons. The van der Waals surface area contributed by atoms with Crippen LogP contribution in [0, 0.1) is 0 Å². The summed E-state index contributed by atoms with van der Waals surface area (Å²) in [5.74, 6) is 0. The average Bonchev–Trinajstić information content (AvgIpc) is 2.90. The van der Waals surface area contributed by atoms with Crippen LogP contribution >= 0.6 is 54.5 Å². The molecule has 1 unspecified atom stereocenters. The molecule has 0 amide bonds. The lowest BCUT2D eigenvalue weighted by atomic mass is 10.0. The first-order valence-electron chi connectivity index (χ1n) is 5.33. The van der Waals surface area contributed by atoms with Crippen molar-refractivity contribution in [3.8, 4) is 0 Å². The predicted molar refractivity (Wildman–Crippen MR) is 84.2 cm³/mol. The van der Waals surface area contributed by atoms with E-state index in [0.717, 1.165) is 12.8 Å². The Morgan fingerprint density at radius 1 is 1.41 bits per heavy atom. The second-order valence-corrected chi connectivity index (χ2v) is 8.32. The fraction of sp³-hybridized carbons (Fsp3) is 0.333. The van der Waals surface area contributed by atoms with E-state index in [9.17, 15) is 0 Å². The Kier molecular flexibility index (Phi) is 5.24. The first kappa shape index (κ1) is 13.7. The van der Waals surface area contributed by atoms with Gasteiger partial charge in [0.25, 0.3) is 0 Å². The van der Waals surface area contributed by atoms with Gasteiger partial charge >= 0.3 is 0 Å². The molecule has 0 saturated carbocycles. The van der Waals surface area contributed by atoms with Gasteiger partial charge in [-0.15, -0.1) is 11.3 Å². The largest absolute Gasteiger partial charge is 0.313 e. The third kappa shape index (κ3) is 3.64. The first-order valence-corrected chi connectivity index (χ1v) is 8.68. The molecule has 0 aliphatic carbocycles. The van der Waals surface area contributed by atoms with Gasteiger partial charge in [-0.2, -0.15) is 11.3 Å². The third-order valence-electron chi connectivity index (χ3n) is 2.71. The molecule has 17 heavy (non-hydrogen) atoms. The Bertz CT molecular complexity index is 465. The van der Waals surface area contributed by atoms with Crippen LogP contribution in [0.4, 0.5) is 0 Å². The molecule has 0 aromatic carbocycles. The van der Waals surface area contributed by atoms with E-state index in [1.807, 2.05) is 7.05 Å². The summed E-state index contributed by atoms with van der Waals surface area (Å²) < 4.78 is 2.39. The van der Waals surface area contributed by atoms with Crippen molar-refractivity contribution in [2.75, 3.05) is 7.05 Å². The van der Waals surface area contributed by atoms with E-state index >= 15 is 0 Å². The second-order valence-electron chi connectivity index (χ2n) is 3.79. The van der Waals surface area contributed by atoms with Crippen LogP contribution in [0.2, 0.25) is 0 Å². The van der Waals surface area contributed by atoms with Crippen LogP contribution in [-0.2, 0) is 6.42 Å². The molecule has 0 aliphatic rings. The fourth-order valence-electron chi connectivity index (χ4n) is 1.79. The molecule has 2 heterocycles. The van der Waals surface area contributed by atoms with Crippen molar-refractivity contribution in [3.05, 3.63) is 41.6 Å². The molecule has 2 rings (SSSR count). The number of halogens is 2. The average molecular weight is 395 g/mol. The maximum atomic E-state index is 3.63. The van der Waals surface area contributed by atoms with E-state index in [2.05, 4.69) is 60.1 Å². The summed E-state index contributed by atoms with van der Waals surface area (Å²) in [6.45, 7) is 0. The van der Waals surface area contributed by atoms with E-state index in [0.29, 0.717) is 6.04 Å². The van der Waals surface area contributed by atoms with Crippen molar-refractivity contribution in [1.82, 2.24) is 5.32 Å². The highest BCUT2D eigenvalue weighted by molar-refractivity contribution is 9.12. The van der Waals surface area contributed by atoms with Crippen molar-refractivity contribution >= 4 is 54.5 Å². The molecule has 0 radical (unpaired) electrons. The Hall–Kier alpha value is 0.320. The van der Waals surface area contributed by atoms with E-state index in [1.54, 1.807) is 22.7 Å². The van der Waals surface area contributed by atoms with Gasteiger partial charge in [0.15, 0.2) is 0 Å². The Balaban J connectivity index is 2.04. The Labute approximate surface area is 127 Å². The molecule has 1 nitrogen and oxygen atoms in total. The zero-order valence-electron chi connectivity index (χ0n) is 9.37. The van der Waals surface area contributed by atoms with Crippen LogP contribution in [0.1, 0.15) is 23.6 Å². The highest BCUT2D eigenvalue weighted by Gasteiger charge is 2.15. The Morgan fingerprint density at radius 2 is 2.24 bits per heavy atom. The van der Waals surface area contributed by atoms with Gasteiger partial charge in [0.05, 0.1) is 7.57 Å². The van der Waals surface area contributed by atoms with Gasteiger partial charge in [0, 0.05) is 6.04 Å². The number of nitrogens with one attached hydrogen (secondary N) is 1. The molecule has 0 bridgehead atoms. The number of hydrogen-bond donors (Lipinski definition) is 1. The third-order valence-corrected chi connectivity index (χ3v) is 5.83. The molecule has 0 saturated heterocycles. The molecule has 0 aliphatic heterocycles. The molecular weight excluding hydrogens is 382 g/mol. The number of rotatable bonds is 5. The van der Waals surface area contributed by atoms with Crippen LogP contribution in [0.25, 0.3) is 0 Å². The molecule has 2 aromatic rings. The maximum absolute atomic E-state index is 3.63. The van der Waals surface area contributed by atoms with Gasteiger partial charge in [0.2, 0.25) is 0 Å². The van der Waals surface area contributed by atoms with Gasteiger partial charge in [-0.05, 0) is 85.8 Å². The standard InChI is InChI=1S/C12H13Br2NS2/c1-15-10(3-2-8-4-5-16-7-8)9-6-11(13)17-12(9)14/h4-7,10,15H,2-3H2,1H3. The number of hydrogen-bond acceptors (Lipinski definition) is 3. The minimum Gasteiger partial charge on any atom is -0.313 e. The van der Waals surface area contributed by atoms with Crippen molar-refractivity contribution in [1.29, 1.82) is 0 Å². The lowest BCUT2D eigenvalue weighted by molar-refractivity contribution is 0.549. The molecule has 1 atom stereocenters. The van der Waals surface area contributed by atoms with E-state index in [1.165, 1.54) is 18.7 Å². The summed E-state index contributed by atoms with van der Waals surface area (Å²) in [6.07, 6.45) is 2.24. The van der Waals surface area contributed by atoms with Gasteiger partial charge < -0.3 is 5.32 Å². The first-order chi connectivity index (χ1) is 8.20. The highest BCUT2D eigenvalue weighted by atomic mass is 79.9. The number of thiophene rings is 2. The predicted octanol–water partition coefficient (Wildman–Crippen LogP) is 5.23. The smallest absolute Gasteiger partial charge is 0.0758 e. The minimum atomic E-state index is 0.409. The lowest BCUT2D eigenvalue weighted by Gasteiger charge is -2.15. The van der Waals surface area contributed by atoms with Crippen LogP contribution in [0.15, 0.2) is 30.5 Å². The summed E-state index contributed by atoms with van der Waals surface area (Å²) in [7, 11) is 2.02. The second kappa shape index (κ2) is 6.48. The summed E-state index contributed by atoms with van der Waals surface area (Å²) >= 11 is 10.7.